The molecule has 5 N–H and O–H groups in total. The minimum Gasteiger partial charge on any atom is -0.461 e. The van der Waals surface area contributed by atoms with E-state index < -0.39 is 29.5 Å². The second kappa shape index (κ2) is 27.5. The summed E-state index contributed by atoms with van der Waals surface area (Å²) in [6, 6.07) is 14.9. The summed E-state index contributed by atoms with van der Waals surface area (Å²) in [5.41, 5.74) is 8.26. The summed E-state index contributed by atoms with van der Waals surface area (Å²) >= 11 is 0. The molecule has 3 amide bonds. The number of carbonyl (C=O) groups excluding carboxylic acids is 5. The van der Waals surface area contributed by atoms with Gasteiger partial charge in [-0.2, -0.15) is 9.97 Å². The lowest BCUT2D eigenvalue weighted by atomic mass is 9.94. The molecule has 0 radical (unpaired) electrons. The van der Waals surface area contributed by atoms with Crippen molar-refractivity contribution in [2.45, 2.75) is 133 Å². The van der Waals surface area contributed by atoms with E-state index in [0.29, 0.717) is 76.8 Å². The van der Waals surface area contributed by atoms with Crippen LogP contribution in [0, 0.1) is 24.0 Å². The van der Waals surface area contributed by atoms with E-state index in [1.165, 1.54) is 58.1 Å². The predicted molar refractivity (Wildman–Crippen MR) is 298 cm³/mol. The summed E-state index contributed by atoms with van der Waals surface area (Å²) < 4.78 is 38.0. The van der Waals surface area contributed by atoms with Crippen molar-refractivity contribution in [2.24, 2.45) is 5.73 Å². The Morgan fingerprint density at radius 2 is 1.64 bits per heavy atom. The van der Waals surface area contributed by atoms with Gasteiger partial charge in [-0.1, -0.05) is 106 Å². The number of unbranched alkanes of at least 4 members (excludes halogenated alkanes) is 7. The van der Waals surface area contributed by atoms with Crippen LogP contribution in [0.3, 0.4) is 0 Å². The van der Waals surface area contributed by atoms with Crippen LogP contribution >= 0.6 is 0 Å². The molecule has 5 aromatic rings. The van der Waals surface area contributed by atoms with Crippen molar-refractivity contribution in [3.8, 4) is 29.6 Å². The SMILES string of the molecule is C#Cc1c(F)ccc2cccc(-c3ncc4c(N5CC6CCC(C5)N6)nc(OCC56CCC(CN)N5CC(=C)C6)nc4c3F)c12.C=O.CCCCCCCCCCO.CNC(=O)CCC(C=O)N1C(=O)c2ccccc2C1=O. The van der Waals surface area contributed by atoms with Gasteiger partial charge >= 0.3 is 6.01 Å². The number of hydrogen-bond donors (Lipinski definition) is 4. The third kappa shape index (κ3) is 12.9. The third-order valence-electron chi connectivity index (χ3n) is 15.5. The monoisotopic (exact) mass is 1070 g/mol. The van der Waals surface area contributed by atoms with Crippen LogP contribution in [-0.2, 0) is 14.4 Å². The molecular weight excluding hydrogens is 997 g/mol. The van der Waals surface area contributed by atoms with Crippen molar-refractivity contribution >= 4 is 58.3 Å². The number of terminal acetylenes is 1. The largest absolute Gasteiger partial charge is 0.461 e. The number of halogens is 2. The van der Waals surface area contributed by atoms with Crippen molar-refractivity contribution in [1.82, 2.24) is 35.4 Å². The fourth-order valence-electron chi connectivity index (χ4n) is 11.6. The number of carbonyl (C=O) groups is 5. The fraction of sp³-hybridized carbons (Fsp3) is 0.467. The highest BCUT2D eigenvalue weighted by molar-refractivity contribution is 6.22. The molecule has 0 aliphatic carbocycles. The first-order valence-corrected chi connectivity index (χ1v) is 27.2. The number of nitrogens with one attached hydrogen (secondary N) is 2. The van der Waals surface area contributed by atoms with Crippen LogP contribution in [0.2, 0.25) is 0 Å². The standard InChI is InChI=1S/C35H35F2N7O.C14H14N2O4.C10H22O.CH2O/c1-3-25-28(36)10-7-21-5-4-6-26(29(21)25)31-30(37)32-27(15-39-31)33(43-17-22-8-9-23(18-43)40-22)42-34(41-32)45-19-35-12-11-24(14-38)44(35)16-20(2)13-35;1-15-12(18)7-6-9(8-17)16-13(19)10-4-2-3-5-11(10)14(16)20;1-2-3-4-5-6-7-8-9-10-11;1-2/h1,4-7,10,15,22-24,40H,2,8-9,11-14,16-19,38H2;2-5,8-9H,6-7H2,1H3,(H,15,18);11H,2-10H2,1H3;1H2. The summed E-state index contributed by atoms with van der Waals surface area (Å²) in [4.78, 5) is 74.4. The molecule has 5 aliphatic heterocycles. The smallest absolute Gasteiger partial charge is 0.319 e. The molecule has 414 valence electrons. The van der Waals surface area contributed by atoms with Crippen LogP contribution in [0.25, 0.3) is 32.9 Å². The molecule has 18 heteroatoms. The van der Waals surface area contributed by atoms with E-state index in [0.717, 1.165) is 68.6 Å². The molecule has 5 atom stereocenters. The van der Waals surface area contributed by atoms with E-state index in [4.69, 9.17) is 31.8 Å². The second-order valence-electron chi connectivity index (χ2n) is 20.7. The molecular formula is C60H73F2N9O7. The summed E-state index contributed by atoms with van der Waals surface area (Å²) in [5.74, 6) is 0.672. The number of piperazine rings is 1. The van der Waals surface area contributed by atoms with E-state index in [-0.39, 0.29) is 53.1 Å². The molecule has 5 aliphatic rings. The van der Waals surface area contributed by atoms with Gasteiger partial charge in [0, 0.05) is 81.5 Å². The maximum absolute atomic E-state index is 16.8. The van der Waals surface area contributed by atoms with Gasteiger partial charge in [-0.25, -0.2) is 8.78 Å². The van der Waals surface area contributed by atoms with Crippen LogP contribution in [0.4, 0.5) is 14.6 Å². The number of aliphatic hydroxyl groups excluding tert-OH is 1. The van der Waals surface area contributed by atoms with Gasteiger partial charge in [0.15, 0.2) is 5.82 Å². The summed E-state index contributed by atoms with van der Waals surface area (Å²) in [6.45, 7) is 12.1. The first-order valence-electron chi connectivity index (χ1n) is 27.2. The molecule has 16 nitrogen and oxygen atoms in total. The van der Waals surface area contributed by atoms with Crippen molar-refractivity contribution < 1.29 is 42.6 Å². The van der Waals surface area contributed by atoms with Gasteiger partial charge in [0.1, 0.15) is 42.5 Å². The van der Waals surface area contributed by atoms with Gasteiger partial charge in [0.05, 0.1) is 33.7 Å². The first kappa shape index (κ1) is 58.6. The van der Waals surface area contributed by atoms with Gasteiger partial charge in [-0.15, -0.1) is 6.42 Å². The number of ether oxygens (including phenoxy) is 1. The molecule has 0 saturated carbocycles. The Hall–Kier alpha value is -7.04. The molecule has 2 bridgehead atoms. The number of pyridine rings is 1. The van der Waals surface area contributed by atoms with Crippen LogP contribution < -0.4 is 26.0 Å². The van der Waals surface area contributed by atoms with Crippen LogP contribution in [0.1, 0.15) is 130 Å². The number of nitrogens with zero attached hydrogens (tertiary/aromatic N) is 6. The zero-order chi connectivity index (χ0) is 55.9. The molecule has 4 saturated heterocycles. The maximum Gasteiger partial charge on any atom is 0.319 e. The molecule has 0 spiro atoms. The number of aromatic nitrogens is 3. The molecule has 78 heavy (non-hydrogen) atoms. The zero-order valence-electron chi connectivity index (χ0n) is 44.9. The van der Waals surface area contributed by atoms with Gasteiger partial charge in [-0.05, 0) is 68.5 Å². The Morgan fingerprint density at radius 1 is 0.974 bits per heavy atom. The lowest BCUT2D eigenvalue weighted by molar-refractivity contribution is -0.121. The number of aldehydes is 1. The van der Waals surface area contributed by atoms with Crippen molar-refractivity contribution in [3.05, 3.63) is 101 Å². The quantitative estimate of drug-likeness (QED) is 0.0204. The van der Waals surface area contributed by atoms with Crippen LogP contribution in [0.5, 0.6) is 6.01 Å². The van der Waals surface area contributed by atoms with Crippen LogP contribution in [0.15, 0.2) is 72.9 Å². The number of hydrogen-bond acceptors (Lipinski definition) is 14. The Labute approximate surface area is 455 Å². The Balaban J connectivity index is 0.000000221. The van der Waals surface area contributed by atoms with Gasteiger partial charge in [0.2, 0.25) is 5.91 Å². The van der Waals surface area contributed by atoms with Gasteiger partial charge in [0.25, 0.3) is 11.8 Å². The number of rotatable bonds is 19. The fourth-order valence-corrected chi connectivity index (χ4v) is 11.6. The van der Waals surface area contributed by atoms with Crippen molar-refractivity contribution in [2.75, 3.05) is 51.3 Å². The average Bonchev–Trinajstić information content (AvgIpc) is 4.24. The van der Waals surface area contributed by atoms with Gasteiger partial charge < -0.3 is 40.7 Å². The minimum absolute atomic E-state index is 0.0459. The number of nitrogens with two attached hydrogens (primary N) is 1. The Kier molecular flexibility index (Phi) is 20.7. The highest BCUT2D eigenvalue weighted by Gasteiger charge is 2.51. The Bertz CT molecular complexity index is 2950. The van der Waals surface area contributed by atoms with Gasteiger partial charge in [-0.3, -0.25) is 29.2 Å². The van der Waals surface area contributed by atoms with Crippen LogP contribution in [-0.4, -0.2) is 137 Å². The molecule has 4 fully saturated rings. The lowest BCUT2D eigenvalue weighted by Crippen LogP contribution is -2.51. The second-order valence-corrected chi connectivity index (χ2v) is 20.7. The Morgan fingerprint density at radius 3 is 2.27 bits per heavy atom. The predicted octanol–water partition coefficient (Wildman–Crippen LogP) is 7.86. The highest BCUT2D eigenvalue weighted by Crippen LogP contribution is 2.45. The summed E-state index contributed by atoms with van der Waals surface area (Å²) in [5, 5.41) is 16.2. The number of anilines is 1. The number of benzene rings is 3. The lowest BCUT2D eigenvalue weighted by Gasteiger charge is -2.35. The van der Waals surface area contributed by atoms with E-state index in [2.05, 4.69) is 49.8 Å². The number of amides is 3. The van der Waals surface area contributed by atoms with Crippen molar-refractivity contribution in [3.63, 3.8) is 0 Å². The van der Waals surface area contributed by atoms with E-state index in [1.54, 1.807) is 48.7 Å². The maximum atomic E-state index is 16.8. The van der Waals surface area contributed by atoms with Crippen molar-refractivity contribution in [1.29, 1.82) is 0 Å². The number of imide groups is 1. The molecule has 2 aromatic heterocycles. The van der Waals surface area contributed by atoms with E-state index in [9.17, 15) is 23.6 Å². The molecule has 5 unspecified atom stereocenters. The molecule has 3 aromatic carbocycles. The van der Waals surface area contributed by atoms with E-state index >= 15 is 4.39 Å². The molecule has 10 rings (SSSR count). The zero-order valence-corrected chi connectivity index (χ0v) is 44.9. The molecule has 7 heterocycles. The number of fused-ring (bicyclic) bond motifs is 6. The normalized spacial score (nSPS) is 20.4. The highest BCUT2D eigenvalue weighted by atomic mass is 19.1. The summed E-state index contributed by atoms with van der Waals surface area (Å²) in [6.07, 6.45) is 23.4. The number of aliphatic hydroxyl groups is 1. The minimum atomic E-state index is -0.917. The van der Waals surface area contributed by atoms with E-state index in [1.807, 2.05) is 12.9 Å². The first-order chi connectivity index (χ1) is 37.9. The third-order valence-corrected chi connectivity index (χ3v) is 15.5. The topological polar surface area (TPSA) is 213 Å². The summed E-state index contributed by atoms with van der Waals surface area (Å²) in [7, 11) is 1.49. The average molecular weight is 1070 g/mol.